The van der Waals surface area contributed by atoms with Gasteiger partial charge < -0.3 is 0 Å². The SMILES string of the molecule is Cc1ccc([CH]c2cc(C)cc(C)c2)cc1. The van der Waals surface area contributed by atoms with Gasteiger partial charge in [-0.3, -0.25) is 0 Å². The first kappa shape index (κ1) is 10.9. The van der Waals surface area contributed by atoms with Gasteiger partial charge in [-0.15, -0.1) is 0 Å². The Labute approximate surface area is 97.9 Å². The summed E-state index contributed by atoms with van der Waals surface area (Å²) in [6.45, 7) is 6.39. The van der Waals surface area contributed by atoms with Crippen LogP contribution < -0.4 is 0 Å². The molecule has 0 unspecified atom stereocenters. The lowest BCUT2D eigenvalue weighted by molar-refractivity contribution is 1.32. The largest absolute Gasteiger partial charge is 0.0590 e. The van der Waals surface area contributed by atoms with Crippen molar-refractivity contribution in [3.63, 3.8) is 0 Å². The van der Waals surface area contributed by atoms with Gasteiger partial charge in [0.2, 0.25) is 0 Å². The van der Waals surface area contributed by atoms with Gasteiger partial charge in [-0.25, -0.2) is 0 Å². The van der Waals surface area contributed by atoms with Crippen molar-refractivity contribution < 1.29 is 0 Å². The first-order valence-corrected chi connectivity index (χ1v) is 5.63. The molecular weight excluding hydrogens is 192 g/mol. The van der Waals surface area contributed by atoms with Gasteiger partial charge in [-0.2, -0.15) is 0 Å². The molecule has 0 aliphatic rings. The van der Waals surface area contributed by atoms with E-state index in [1.165, 1.54) is 27.8 Å². The Morgan fingerprint density at radius 2 is 1.19 bits per heavy atom. The van der Waals surface area contributed by atoms with Crippen LogP contribution in [-0.2, 0) is 0 Å². The van der Waals surface area contributed by atoms with Crippen LogP contribution >= 0.6 is 0 Å². The lowest BCUT2D eigenvalue weighted by Gasteiger charge is -2.05. The summed E-state index contributed by atoms with van der Waals surface area (Å²) in [7, 11) is 0. The third kappa shape index (κ3) is 2.73. The van der Waals surface area contributed by atoms with E-state index in [4.69, 9.17) is 0 Å². The monoisotopic (exact) mass is 209 g/mol. The molecule has 0 saturated heterocycles. The second-order valence-corrected chi connectivity index (χ2v) is 4.48. The van der Waals surface area contributed by atoms with E-state index in [1.807, 2.05) is 0 Å². The van der Waals surface area contributed by atoms with Gasteiger partial charge in [-0.1, -0.05) is 59.2 Å². The fourth-order valence-electron chi connectivity index (χ4n) is 1.95. The smallest absolute Gasteiger partial charge is 0.0199 e. The summed E-state index contributed by atoms with van der Waals surface area (Å²) in [5.41, 5.74) is 6.48. The minimum absolute atomic E-state index is 1.26. The van der Waals surface area contributed by atoms with Crippen molar-refractivity contribution in [1.82, 2.24) is 0 Å². The Hall–Kier alpha value is -1.56. The molecule has 0 nitrogen and oxygen atoms in total. The average Bonchev–Trinajstić information content (AvgIpc) is 2.20. The van der Waals surface area contributed by atoms with Crippen LogP contribution in [0.4, 0.5) is 0 Å². The van der Waals surface area contributed by atoms with Crippen LogP contribution in [0.15, 0.2) is 42.5 Å². The normalized spacial score (nSPS) is 10.4. The second-order valence-electron chi connectivity index (χ2n) is 4.48. The van der Waals surface area contributed by atoms with E-state index in [2.05, 4.69) is 69.7 Å². The van der Waals surface area contributed by atoms with Crippen LogP contribution in [0.5, 0.6) is 0 Å². The fourth-order valence-corrected chi connectivity index (χ4v) is 1.95. The molecule has 0 fully saturated rings. The molecule has 0 saturated carbocycles. The van der Waals surface area contributed by atoms with Crippen molar-refractivity contribution >= 4 is 0 Å². The van der Waals surface area contributed by atoms with Crippen molar-refractivity contribution in [2.45, 2.75) is 20.8 Å². The topological polar surface area (TPSA) is 0 Å². The standard InChI is InChI=1S/C16H17/c1-12-4-6-15(7-5-12)11-16-9-13(2)8-14(3)10-16/h4-11H,1-3H3. The molecular formula is C16H17. The van der Waals surface area contributed by atoms with Gasteiger partial charge in [0.05, 0.1) is 0 Å². The van der Waals surface area contributed by atoms with E-state index in [0.717, 1.165) is 0 Å². The van der Waals surface area contributed by atoms with Gasteiger partial charge in [0.1, 0.15) is 0 Å². The molecule has 81 valence electrons. The molecule has 2 aromatic rings. The van der Waals surface area contributed by atoms with Crippen molar-refractivity contribution in [3.05, 3.63) is 76.7 Å². The molecule has 16 heavy (non-hydrogen) atoms. The van der Waals surface area contributed by atoms with Crippen molar-refractivity contribution in [2.24, 2.45) is 0 Å². The second kappa shape index (κ2) is 4.52. The first-order chi connectivity index (χ1) is 7.63. The van der Waals surface area contributed by atoms with Crippen LogP contribution in [0.2, 0.25) is 0 Å². The van der Waals surface area contributed by atoms with Crippen LogP contribution in [-0.4, -0.2) is 0 Å². The van der Waals surface area contributed by atoms with E-state index in [0.29, 0.717) is 0 Å². The fraction of sp³-hybridized carbons (Fsp3) is 0.188. The molecule has 2 rings (SSSR count). The molecule has 0 aliphatic carbocycles. The lowest BCUT2D eigenvalue weighted by Crippen LogP contribution is -1.88. The van der Waals surface area contributed by atoms with Crippen molar-refractivity contribution in [2.75, 3.05) is 0 Å². The predicted octanol–water partition coefficient (Wildman–Crippen LogP) is 4.21. The number of rotatable bonds is 2. The molecule has 0 heterocycles. The lowest BCUT2D eigenvalue weighted by atomic mass is 10.0. The highest BCUT2D eigenvalue weighted by Crippen LogP contribution is 2.16. The predicted molar refractivity (Wildman–Crippen MR) is 69.6 cm³/mol. The minimum atomic E-state index is 1.26. The highest BCUT2D eigenvalue weighted by Gasteiger charge is 1.98. The summed E-state index contributed by atoms with van der Waals surface area (Å²) in [5, 5.41) is 0. The third-order valence-electron chi connectivity index (χ3n) is 2.65. The highest BCUT2D eigenvalue weighted by atomic mass is 14.0. The van der Waals surface area contributed by atoms with E-state index in [-0.39, 0.29) is 0 Å². The zero-order chi connectivity index (χ0) is 11.5. The zero-order valence-corrected chi connectivity index (χ0v) is 10.1. The molecule has 0 bridgehead atoms. The van der Waals surface area contributed by atoms with E-state index >= 15 is 0 Å². The average molecular weight is 209 g/mol. The molecule has 0 aromatic heterocycles. The Morgan fingerprint density at radius 3 is 1.75 bits per heavy atom. The zero-order valence-electron chi connectivity index (χ0n) is 10.1. The highest BCUT2D eigenvalue weighted by molar-refractivity contribution is 5.41. The summed E-state index contributed by atoms with van der Waals surface area (Å²) < 4.78 is 0. The molecule has 0 N–H and O–H groups in total. The first-order valence-electron chi connectivity index (χ1n) is 5.63. The van der Waals surface area contributed by atoms with Crippen LogP contribution in [0.1, 0.15) is 27.8 Å². The molecule has 1 radical (unpaired) electrons. The number of hydrogen-bond donors (Lipinski definition) is 0. The summed E-state index contributed by atoms with van der Waals surface area (Å²) in [6.07, 6.45) is 2.22. The number of aryl methyl sites for hydroxylation is 3. The molecule has 0 aliphatic heterocycles. The Kier molecular flexibility index (Phi) is 3.09. The van der Waals surface area contributed by atoms with Gasteiger partial charge in [0, 0.05) is 6.42 Å². The minimum Gasteiger partial charge on any atom is -0.0590 e. The molecule has 0 heteroatoms. The Morgan fingerprint density at radius 1 is 0.625 bits per heavy atom. The number of hydrogen-bond acceptors (Lipinski definition) is 0. The van der Waals surface area contributed by atoms with Crippen LogP contribution in [0.25, 0.3) is 0 Å². The van der Waals surface area contributed by atoms with Gasteiger partial charge >= 0.3 is 0 Å². The molecule has 0 amide bonds. The maximum absolute atomic E-state index is 2.22. The maximum Gasteiger partial charge on any atom is 0.0199 e. The van der Waals surface area contributed by atoms with E-state index in [1.54, 1.807) is 0 Å². The Bertz CT molecular complexity index is 458. The van der Waals surface area contributed by atoms with Crippen LogP contribution in [0, 0.1) is 27.2 Å². The van der Waals surface area contributed by atoms with Gasteiger partial charge in [0.25, 0.3) is 0 Å². The van der Waals surface area contributed by atoms with Crippen molar-refractivity contribution in [1.29, 1.82) is 0 Å². The Balaban J connectivity index is 2.23. The number of benzene rings is 2. The van der Waals surface area contributed by atoms with Gasteiger partial charge in [0.15, 0.2) is 0 Å². The van der Waals surface area contributed by atoms with E-state index < -0.39 is 0 Å². The summed E-state index contributed by atoms with van der Waals surface area (Å²) >= 11 is 0. The van der Waals surface area contributed by atoms with Crippen molar-refractivity contribution in [3.8, 4) is 0 Å². The maximum atomic E-state index is 2.22. The van der Waals surface area contributed by atoms with E-state index in [9.17, 15) is 0 Å². The van der Waals surface area contributed by atoms with Gasteiger partial charge in [-0.05, 0) is 31.9 Å². The van der Waals surface area contributed by atoms with Crippen LogP contribution in [0.3, 0.4) is 0 Å². The molecule has 0 atom stereocenters. The quantitative estimate of drug-likeness (QED) is 0.695. The third-order valence-corrected chi connectivity index (χ3v) is 2.65. The molecule has 2 aromatic carbocycles. The summed E-state index contributed by atoms with van der Waals surface area (Å²) in [5.74, 6) is 0. The molecule has 0 spiro atoms. The summed E-state index contributed by atoms with van der Waals surface area (Å²) in [6, 6.07) is 15.2. The summed E-state index contributed by atoms with van der Waals surface area (Å²) in [4.78, 5) is 0.